The van der Waals surface area contributed by atoms with Crippen LogP contribution in [0.2, 0.25) is 0 Å². The van der Waals surface area contributed by atoms with Gasteiger partial charge in [0.05, 0.1) is 0 Å². The summed E-state index contributed by atoms with van der Waals surface area (Å²) in [6, 6.07) is 0.181. The van der Waals surface area contributed by atoms with E-state index in [-0.39, 0.29) is 11.9 Å². The lowest BCUT2D eigenvalue weighted by molar-refractivity contribution is -0.137. The van der Waals surface area contributed by atoms with Crippen LogP contribution in [-0.2, 0) is 4.79 Å². The van der Waals surface area contributed by atoms with Crippen LogP contribution in [-0.4, -0.2) is 79.0 Å². The van der Waals surface area contributed by atoms with Crippen LogP contribution >= 0.6 is 0 Å². The zero-order valence-electron chi connectivity index (χ0n) is 12.7. The molecule has 0 aromatic carbocycles. The predicted octanol–water partition coefficient (Wildman–Crippen LogP) is 0.346. The lowest BCUT2D eigenvalue weighted by Gasteiger charge is -2.37. The predicted molar refractivity (Wildman–Crippen MR) is 79.9 cm³/mol. The Labute approximate surface area is 126 Å². The monoisotopic (exact) mass is 294 g/mol. The van der Waals surface area contributed by atoms with Crippen LogP contribution in [0.25, 0.3) is 0 Å². The second kappa shape index (κ2) is 6.64. The topological polar surface area (TPSA) is 55.9 Å². The van der Waals surface area contributed by atoms with E-state index in [4.69, 9.17) is 0 Å². The average molecular weight is 294 g/mol. The number of likely N-dealkylation sites (tertiary alicyclic amines) is 2. The van der Waals surface area contributed by atoms with E-state index in [2.05, 4.69) is 5.32 Å². The van der Waals surface area contributed by atoms with Gasteiger partial charge in [0.1, 0.15) is 0 Å². The number of nitrogens with zero attached hydrogens (tertiary/aromatic N) is 3. The van der Waals surface area contributed by atoms with Gasteiger partial charge in [0.25, 0.3) is 0 Å². The van der Waals surface area contributed by atoms with Gasteiger partial charge in [-0.05, 0) is 25.7 Å². The molecule has 3 aliphatic rings. The molecule has 6 nitrogen and oxygen atoms in total. The second-order valence-electron chi connectivity index (χ2n) is 6.31. The first-order valence-corrected chi connectivity index (χ1v) is 8.29. The first kappa shape index (κ1) is 14.6. The molecule has 21 heavy (non-hydrogen) atoms. The standard InChI is InChI=1S/C15H26N4O2/c20-14(17-11-5-16-6-12-17)13-3-9-19(10-4-13)15(21)18-7-1-2-8-18/h13,16H,1-12H2. The van der Waals surface area contributed by atoms with E-state index in [9.17, 15) is 9.59 Å². The van der Waals surface area contributed by atoms with Crippen LogP contribution in [0.15, 0.2) is 0 Å². The molecule has 3 amide bonds. The number of carbonyl (C=O) groups excluding carboxylic acids is 2. The number of piperazine rings is 1. The molecule has 0 unspecified atom stereocenters. The van der Waals surface area contributed by atoms with Gasteiger partial charge in [-0.3, -0.25) is 4.79 Å². The number of amides is 3. The highest BCUT2D eigenvalue weighted by Gasteiger charge is 2.32. The molecule has 3 fully saturated rings. The Bertz CT molecular complexity index is 381. The number of hydrogen-bond donors (Lipinski definition) is 1. The van der Waals surface area contributed by atoms with Gasteiger partial charge in [-0.25, -0.2) is 4.79 Å². The largest absolute Gasteiger partial charge is 0.340 e. The average Bonchev–Trinajstić information content (AvgIpc) is 3.09. The second-order valence-corrected chi connectivity index (χ2v) is 6.31. The van der Waals surface area contributed by atoms with Crippen LogP contribution in [0.5, 0.6) is 0 Å². The number of rotatable bonds is 1. The highest BCUT2D eigenvalue weighted by molar-refractivity contribution is 5.80. The highest BCUT2D eigenvalue weighted by Crippen LogP contribution is 2.22. The van der Waals surface area contributed by atoms with Crippen molar-refractivity contribution in [1.82, 2.24) is 20.0 Å². The molecule has 0 radical (unpaired) electrons. The van der Waals surface area contributed by atoms with E-state index in [0.717, 1.165) is 78.0 Å². The molecule has 3 saturated heterocycles. The van der Waals surface area contributed by atoms with Crippen LogP contribution in [0.3, 0.4) is 0 Å². The molecule has 1 N–H and O–H groups in total. The number of urea groups is 1. The third-order valence-corrected chi connectivity index (χ3v) is 4.92. The summed E-state index contributed by atoms with van der Waals surface area (Å²) in [5.41, 5.74) is 0. The van der Waals surface area contributed by atoms with Crippen molar-refractivity contribution in [2.45, 2.75) is 25.7 Å². The molecule has 3 heterocycles. The van der Waals surface area contributed by atoms with E-state index >= 15 is 0 Å². The number of hydrogen-bond acceptors (Lipinski definition) is 3. The Morgan fingerprint density at radius 1 is 0.762 bits per heavy atom. The van der Waals surface area contributed by atoms with Crippen LogP contribution in [0, 0.1) is 5.92 Å². The summed E-state index contributed by atoms with van der Waals surface area (Å²) in [4.78, 5) is 30.7. The number of nitrogens with one attached hydrogen (secondary N) is 1. The van der Waals surface area contributed by atoms with Gasteiger partial charge in [-0.1, -0.05) is 0 Å². The van der Waals surface area contributed by atoms with Crippen LogP contribution in [0.4, 0.5) is 4.79 Å². The maximum atomic E-state index is 12.5. The lowest BCUT2D eigenvalue weighted by Crippen LogP contribution is -2.51. The first-order chi connectivity index (χ1) is 10.3. The van der Waals surface area contributed by atoms with E-state index in [0.29, 0.717) is 5.91 Å². The fraction of sp³-hybridized carbons (Fsp3) is 0.867. The minimum absolute atomic E-state index is 0.116. The van der Waals surface area contributed by atoms with Crippen LogP contribution < -0.4 is 5.32 Å². The van der Waals surface area contributed by atoms with E-state index in [1.54, 1.807) is 0 Å². The molecule has 0 spiro atoms. The Morgan fingerprint density at radius 2 is 1.33 bits per heavy atom. The van der Waals surface area contributed by atoms with Crippen molar-refractivity contribution < 1.29 is 9.59 Å². The fourth-order valence-corrected chi connectivity index (χ4v) is 3.57. The minimum atomic E-state index is 0.116. The molecule has 0 aromatic heterocycles. The van der Waals surface area contributed by atoms with Gasteiger partial charge in [0, 0.05) is 58.3 Å². The lowest BCUT2D eigenvalue weighted by atomic mass is 9.95. The fourth-order valence-electron chi connectivity index (χ4n) is 3.57. The van der Waals surface area contributed by atoms with Crippen molar-refractivity contribution in [2.24, 2.45) is 5.92 Å². The molecular formula is C15H26N4O2. The van der Waals surface area contributed by atoms with E-state index < -0.39 is 0 Å². The summed E-state index contributed by atoms with van der Waals surface area (Å²) in [5, 5.41) is 3.27. The Kier molecular flexibility index (Phi) is 4.63. The van der Waals surface area contributed by atoms with Crippen molar-refractivity contribution in [3.63, 3.8) is 0 Å². The molecule has 0 aliphatic carbocycles. The van der Waals surface area contributed by atoms with Crippen molar-refractivity contribution in [1.29, 1.82) is 0 Å². The van der Waals surface area contributed by atoms with Gasteiger partial charge in [0.2, 0.25) is 5.91 Å². The zero-order chi connectivity index (χ0) is 14.7. The van der Waals surface area contributed by atoms with Gasteiger partial charge in [-0.15, -0.1) is 0 Å². The maximum Gasteiger partial charge on any atom is 0.319 e. The van der Waals surface area contributed by atoms with Gasteiger partial charge < -0.3 is 20.0 Å². The number of carbonyl (C=O) groups is 2. The third-order valence-electron chi connectivity index (χ3n) is 4.92. The maximum absolute atomic E-state index is 12.5. The molecule has 3 rings (SSSR count). The molecule has 0 bridgehead atoms. The molecule has 0 aromatic rings. The van der Waals surface area contributed by atoms with E-state index in [1.165, 1.54) is 0 Å². The smallest absolute Gasteiger partial charge is 0.319 e. The summed E-state index contributed by atoms with van der Waals surface area (Å²) in [6.45, 7) is 6.72. The molecule has 3 aliphatic heterocycles. The zero-order valence-corrected chi connectivity index (χ0v) is 12.7. The summed E-state index contributed by atoms with van der Waals surface area (Å²) in [6.07, 6.45) is 3.90. The van der Waals surface area contributed by atoms with Crippen molar-refractivity contribution in [3.8, 4) is 0 Å². The molecule has 0 atom stereocenters. The summed E-state index contributed by atoms with van der Waals surface area (Å²) < 4.78 is 0. The summed E-state index contributed by atoms with van der Waals surface area (Å²) in [5.74, 6) is 0.412. The summed E-state index contributed by atoms with van der Waals surface area (Å²) >= 11 is 0. The molecule has 118 valence electrons. The van der Waals surface area contributed by atoms with Gasteiger partial charge in [-0.2, -0.15) is 0 Å². The Balaban J connectivity index is 1.48. The molecule has 0 saturated carbocycles. The third kappa shape index (κ3) is 3.31. The first-order valence-electron chi connectivity index (χ1n) is 8.29. The van der Waals surface area contributed by atoms with Gasteiger partial charge >= 0.3 is 6.03 Å². The van der Waals surface area contributed by atoms with Crippen LogP contribution in [0.1, 0.15) is 25.7 Å². The molecule has 6 heteroatoms. The minimum Gasteiger partial charge on any atom is -0.340 e. The SMILES string of the molecule is O=C(C1CCN(C(=O)N2CCCC2)CC1)N1CCNCC1. The Hall–Kier alpha value is -1.30. The van der Waals surface area contributed by atoms with Crippen molar-refractivity contribution in [3.05, 3.63) is 0 Å². The van der Waals surface area contributed by atoms with E-state index in [1.807, 2.05) is 14.7 Å². The molecular weight excluding hydrogens is 268 g/mol. The van der Waals surface area contributed by atoms with Gasteiger partial charge in [0.15, 0.2) is 0 Å². The number of piperidine rings is 1. The van der Waals surface area contributed by atoms with Crippen molar-refractivity contribution >= 4 is 11.9 Å². The Morgan fingerprint density at radius 3 is 1.95 bits per heavy atom. The van der Waals surface area contributed by atoms with Crippen molar-refractivity contribution in [2.75, 3.05) is 52.4 Å². The summed E-state index contributed by atoms with van der Waals surface area (Å²) in [7, 11) is 0. The normalized spacial score (nSPS) is 24.5. The highest BCUT2D eigenvalue weighted by atomic mass is 16.2. The quantitative estimate of drug-likeness (QED) is 0.759.